The molecule has 0 atom stereocenters. The molecule has 3 heterocycles. The van der Waals surface area contributed by atoms with E-state index >= 15 is 0 Å². The van der Waals surface area contributed by atoms with Crippen molar-refractivity contribution in [3.8, 4) is 0 Å². The van der Waals surface area contributed by atoms with Gasteiger partial charge in [0.05, 0.1) is 5.29 Å². The van der Waals surface area contributed by atoms with Gasteiger partial charge in [-0.1, -0.05) is 0 Å². The fraction of sp³-hybridized carbons (Fsp3) is 1.00. The first-order valence-electron chi connectivity index (χ1n) is 8.01. The van der Waals surface area contributed by atoms with E-state index in [1.54, 1.807) is 0 Å². The molecule has 0 spiro atoms. The lowest BCUT2D eigenvalue weighted by atomic mass is 10.3. The molecule has 18 heavy (non-hydrogen) atoms. The Balaban J connectivity index is 1.72. The van der Waals surface area contributed by atoms with E-state index in [4.69, 9.17) is 0 Å². The van der Waals surface area contributed by atoms with Crippen molar-refractivity contribution < 1.29 is 0 Å². The molecule has 3 aliphatic rings. The van der Waals surface area contributed by atoms with Gasteiger partial charge in [0.1, 0.15) is 0 Å². The van der Waals surface area contributed by atoms with Crippen molar-refractivity contribution in [1.82, 2.24) is 14.7 Å². The van der Waals surface area contributed by atoms with Gasteiger partial charge in [-0.05, 0) is 77.8 Å². The Morgan fingerprint density at radius 3 is 1.50 bits per heavy atom. The maximum atomic E-state index is 2.84. The van der Waals surface area contributed by atoms with Crippen LogP contribution in [0.5, 0.6) is 0 Å². The zero-order valence-electron chi connectivity index (χ0n) is 12.0. The average Bonchev–Trinajstić information content (AvgIpc) is 3.13. The van der Waals surface area contributed by atoms with Crippen LogP contribution in [0, 0.1) is 0 Å². The van der Waals surface area contributed by atoms with E-state index in [-0.39, 0.29) is 0 Å². The van der Waals surface area contributed by atoms with Crippen LogP contribution in [0.25, 0.3) is 0 Å². The second-order valence-electron chi connectivity index (χ2n) is 6.59. The van der Waals surface area contributed by atoms with Gasteiger partial charge in [-0.2, -0.15) is 0 Å². The monoisotopic (exact) mass is 267 g/mol. The third-order valence-electron chi connectivity index (χ3n) is 5.30. The number of hydrogen-bond acceptors (Lipinski definition) is 3. The number of rotatable bonds is 4. The molecular weight excluding hydrogens is 238 g/mol. The van der Waals surface area contributed by atoms with Gasteiger partial charge >= 0.3 is 0 Å². The molecule has 4 heteroatoms. The minimum atomic E-state index is 0.456. The molecule has 0 radical (unpaired) electrons. The number of hydrogen-bond donors (Lipinski definition) is 0. The summed E-state index contributed by atoms with van der Waals surface area (Å²) in [5.41, 5.74) is 0. The van der Waals surface area contributed by atoms with E-state index in [9.17, 15) is 0 Å². The third-order valence-corrected chi connectivity index (χ3v) is 6.88. The summed E-state index contributed by atoms with van der Waals surface area (Å²) in [5.74, 6) is 0. The molecule has 3 nitrogen and oxygen atoms in total. The highest BCUT2D eigenvalue weighted by Crippen LogP contribution is 2.28. The molecule has 0 unspecified atom stereocenters. The van der Waals surface area contributed by atoms with Crippen LogP contribution >= 0.6 is 0 Å². The van der Waals surface area contributed by atoms with Gasteiger partial charge in [-0.15, -0.1) is 0 Å². The summed E-state index contributed by atoms with van der Waals surface area (Å²) in [6.45, 7) is 9.46. The van der Waals surface area contributed by atoms with Gasteiger partial charge in [0.15, 0.2) is 0 Å². The first-order valence-corrected chi connectivity index (χ1v) is 9.01. The first-order chi connectivity index (χ1) is 8.79. The summed E-state index contributed by atoms with van der Waals surface area (Å²) in [5, 5.41) is 0.456. The van der Waals surface area contributed by atoms with Gasteiger partial charge in [0, 0.05) is 16.8 Å². The molecule has 0 amide bonds. The summed E-state index contributed by atoms with van der Waals surface area (Å²) >= 11 is 0. The predicted molar refractivity (Wildman–Crippen MR) is 80.0 cm³/mol. The molecule has 3 saturated heterocycles. The Hall–Kier alpha value is 0.0969. The molecule has 0 N–H and O–H groups in total. The van der Waals surface area contributed by atoms with E-state index in [2.05, 4.69) is 14.7 Å². The lowest BCUT2D eigenvalue weighted by molar-refractivity contribution is 0.0130. The molecule has 3 rings (SSSR count). The second-order valence-corrected chi connectivity index (χ2v) is 8.19. The summed E-state index contributed by atoms with van der Waals surface area (Å²) in [7, 11) is 1.30. The van der Waals surface area contributed by atoms with Gasteiger partial charge < -0.3 is 4.90 Å². The molecule has 0 aromatic heterocycles. The van der Waals surface area contributed by atoms with Gasteiger partial charge in [-0.3, -0.25) is 9.80 Å². The summed E-state index contributed by atoms with van der Waals surface area (Å²) in [6, 6.07) is 0. The van der Waals surface area contributed by atoms with Crippen molar-refractivity contribution in [1.29, 1.82) is 0 Å². The molecule has 0 bridgehead atoms. The summed E-state index contributed by atoms with van der Waals surface area (Å²) < 4.78 is 0. The normalized spacial score (nSPS) is 28.7. The number of nitrogens with zero attached hydrogens (tertiary/aromatic N) is 3. The van der Waals surface area contributed by atoms with E-state index in [0.29, 0.717) is 5.29 Å². The standard InChI is InChI=1S/C14H29N3Si/c18-14(16-9-3-4-10-16,17-11-5-6-12-17)13-15-7-1-2-8-15/h1-13H2,18H3. The van der Waals surface area contributed by atoms with Crippen LogP contribution in [0.15, 0.2) is 0 Å². The Bertz CT molecular complexity index is 250. The Kier molecular flexibility index (Phi) is 4.08. The minimum Gasteiger partial charge on any atom is -0.301 e. The van der Waals surface area contributed by atoms with Crippen LogP contribution in [0.2, 0.25) is 0 Å². The van der Waals surface area contributed by atoms with E-state index in [1.165, 1.54) is 94.6 Å². The SMILES string of the molecule is [SiH3]C(CN1CCCC1)(N1CCCC1)N1CCCC1. The molecule has 0 aliphatic carbocycles. The van der Waals surface area contributed by atoms with Crippen LogP contribution in [-0.4, -0.2) is 76.0 Å². The highest BCUT2D eigenvalue weighted by Gasteiger charge is 2.41. The Morgan fingerprint density at radius 2 is 1.06 bits per heavy atom. The number of likely N-dealkylation sites (tertiary alicyclic amines) is 3. The van der Waals surface area contributed by atoms with Crippen LogP contribution in [0.3, 0.4) is 0 Å². The molecule has 104 valence electrons. The maximum absolute atomic E-state index is 2.84. The fourth-order valence-corrected chi connectivity index (χ4v) is 5.50. The molecule has 3 fully saturated rings. The zero-order chi connectivity index (χ0) is 12.4. The van der Waals surface area contributed by atoms with Gasteiger partial charge in [0.2, 0.25) is 0 Å². The van der Waals surface area contributed by atoms with E-state index in [1.807, 2.05) is 0 Å². The molecule has 0 aromatic carbocycles. The Morgan fingerprint density at radius 1 is 0.667 bits per heavy atom. The van der Waals surface area contributed by atoms with Crippen molar-refractivity contribution >= 4 is 10.2 Å². The molecule has 3 aliphatic heterocycles. The fourth-order valence-electron chi connectivity index (χ4n) is 4.16. The highest BCUT2D eigenvalue weighted by molar-refractivity contribution is 6.15. The summed E-state index contributed by atoms with van der Waals surface area (Å²) in [6.07, 6.45) is 8.57. The topological polar surface area (TPSA) is 9.72 Å². The smallest absolute Gasteiger partial charge is 0.0648 e. The van der Waals surface area contributed by atoms with Crippen molar-refractivity contribution in [3.63, 3.8) is 0 Å². The maximum Gasteiger partial charge on any atom is 0.0648 e. The zero-order valence-corrected chi connectivity index (χ0v) is 14.0. The van der Waals surface area contributed by atoms with Crippen LogP contribution in [0.1, 0.15) is 38.5 Å². The lowest BCUT2D eigenvalue weighted by Gasteiger charge is -2.48. The third kappa shape index (κ3) is 2.53. The van der Waals surface area contributed by atoms with Crippen molar-refractivity contribution in [2.75, 3.05) is 45.8 Å². The van der Waals surface area contributed by atoms with Gasteiger partial charge in [0.25, 0.3) is 0 Å². The predicted octanol–water partition coefficient (Wildman–Crippen LogP) is 0.293. The largest absolute Gasteiger partial charge is 0.301 e. The van der Waals surface area contributed by atoms with Crippen molar-refractivity contribution in [2.45, 2.75) is 43.8 Å². The molecule has 0 aromatic rings. The lowest BCUT2D eigenvalue weighted by Crippen LogP contribution is -2.64. The highest BCUT2D eigenvalue weighted by atomic mass is 28.1. The molecule has 0 saturated carbocycles. The molecular formula is C14H29N3Si. The van der Waals surface area contributed by atoms with Crippen LogP contribution < -0.4 is 0 Å². The van der Waals surface area contributed by atoms with E-state index in [0.717, 1.165) is 0 Å². The van der Waals surface area contributed by atoms with Gasteiger partial charge in [-0.25, -0.2) is 0 Å². The van der Waals surface area contributed by atoms with Crippen molar-refractivity contribution in [2.24, 2.45) is 0 Å². The van der Waals surface area contributed by atoms with Crippen molar-refractivity contribution in [3.05, 3.63) is 0 Å². The minimum absolute atomic E-state index is 0.456. The first kappa shape index (κ1) is 13.1. The summed E-state index contributed by atoms with van der Waals surface area (Å²) in [4.78, 5) is 8.41. The van der Waals surface area contributed by atoms with Crippen LogP contribution in [-0.2, 0) is 0 Å². The quantitative estimate of drug-likeness (QED) is 0.678. The average molecular weight is 267 g/mol. The van der Waals surface area contributed by atoms with E-state index < -0.39 is 0 Å². The second kappa shape index (κ2) is 5.61. The van der Waals surface area contributed by atoms with Crippen LogP contribution in [0.4, 0.5) is 0 Å². The Labute approximate surface area is 115 Å².